The molecule has 106 valence electrons. The van der Waals surface area contributed by atoms with Gasteiger partial charge in [-0.05, 0) is 38.1 Å². The van der Waals surface area contributed by atoms with Crippen LogP contribution in [0.25, 0.3) is 0 Å². The van der Waals surface area contributed by atoms with Crippen molar-refractivity contribution in [3.63, 3.8) is 0 Å². The lowest BCUT2D eigenvalue weighted by Crippen LogP contribution is -2.28. The van der Waals surface area contributed by atoms with Crippen molar-refractivity contribution in [3.05, 3.63) is 35.1 Å². The van der Waals surface area contributed by atoms with E-state index in [1.165, 1.54) is 19.2 Å². The summed E-state index contributed by atoms with van der Waals surface area (Å²) >= 11 is 0. The second-order valence-electron chi connectivity index (χ2n) is 4.86. The monoisotopic (exact) mass is 267 g/mol. The molecule has 0 spiro atoms. The molecular weight excluding hydrogens is 245 g/mol. The summed E-state index contributed by atoms with van der Waals surface area (Å²) in [4.78, 5) is 13.5. The maximum absolute atomic E-state index is 13.8. The summed E-state index contributed by atoms with van der Waals surface area (Å²) in [5.41, 5.74) is 0.839. The van der Waals surface area contributed by atoms with E-state index < -0.39 is 11.8 Å². The van der Waals surface area contributed by atoms with E-state index in [4.69, 9.17) is 0 Å². The van der Waals surface area contributed by atoms with Gasteiger partial charge in [-0.3, -0.25) is 4.90 Å². The summed E-state index contributed by atoms with van der Waals surface area (Å²) in [6, 6.07) is 5.11. The normalized spacial score (nSPS) is 12.5. The molecule has 0 heterocycles. The summed E-state index contributed by atoms with van der Waals surface area (Å²) < 4.78 is 18.3. The van der Waals surface area contributed by atoms with Gasteiger partial charge >= 0.3 is 5.97 Å². The minimum absolute atomic E-state index is 0.0180. The van der Waals surface area contributed by atoms with Crippen molar-refractivity contribution < 1.29 is 13.9 Å². The third-order valence-corrected chi connectivity index (χ3v) is 3.33. The molecule has 0 amide bonds. The number of ether oxygens (including phenoxy) is 1. The number of methoxy groups -OCH3 is 1. The summed E-state index contributed by atoms with van der Waals surface area (Å²) in [5, 5.41) is 0. The molecule has 1 aromatic carbocycles. The van der Waals surface area contributed by atoms with E-state index in [0.29, 0.717) is 12.6 Å². The summed E-state index contributed by atoms with van der Waals surface area (Å²) in [7, 11) is 3.27. The predicted molar refractivity (Wildman–Crippen MR) is 73.6 cm³/mol. The fraction of sp³-hybridized carbons (Fsp3) is 0.533. The van der Waals surface area contributed by atoms with Crippen LogP contribution < -0.4 is 0 Å². The molecule has 0 N–H and O–H groups in total. The number of halogens is 1. The van der Waals surface area contributed by atoms with E-state index in [2.05, 4.69) is 23.5 Å². The maximum atomic E-state index is 13.8. The molecule has 0 radical (unpaired) electrons. The van der Waals surface area contributed by atoms with Crippen LogP contribution in [-0.2, 0) is 11.3 Å². The Morgan fingerprint density at radius 2 is 2.16 bits per heavy atom. The Labute approximate surface area is 114 Å². The molecule has 0 saturated heterocycles. The van der Waals surface area contributed by atoms with Crippen molar-refractivity contribution in [1.82, 2.24) is 4.90 Å². The second-order valence-corrected chi connectivity index (χ2v) is 4.86. The molecule has 1 unspecified atom stereocenters. The number of hydrogen-bond donors (Lipinski definition) is 0. The van der Waals surface area contributed by atoms with Gasteiger partial charge in [0, 0.05) is 12.6 Å². The number of rotatable bonds is 6. The van der Waals surface area contributed by atoms with Crippen molar-refractivity contribution >= 4 is 5.97 Å². The van der Waals surface area contributed by atoms with Gasteiger partial charge in [0.25, 0.3) is 0 Å². The predicted octanol–water partition coefficient (Wildman–Crippen LogP) is 3.23. The summed E-state index contributed by atoms with van der Waals surface area (Å²) in [5.74, 6) is -1.17. The summed E-state index contributed by atoms with van der Waals surface area (Å²) in [6.45, 7) is 4.97. The quantitative estimate of drug-likeness (QED) is 0.741. The van der Waals surface area contributed by atoms with Gasteiger partial charge in [-0.15, -0.1) is 0 Å². The molecule has 0 aromatic heterocycles. The number of carbonyl (C=O) groups is 1. The second kappa shape index (κ2) is 7.24. The van der Waals surface area contributed by atoms with Crippen molar-refractivity contribution in [1.29, 1.82) is 0 Å². The topological polar surface area (TPSA) is 29.5 Å². The van der Waals surface area contributed by atoms with Crippen LogP contribution in [0.5, 0.6) is 0 Å². The van der Waals surface area contributed by atoms with E-state index in [0.717, 1.165) is 18.4 Å². The molecule has 0 aliphatic carbocycles. The SMILES string of the molecule is CCCC(C)N(C)Cc1ccc(C(=O)OC)c(F)c1. The van der Waals surface area contributed by atoms with Crippen molar-refractivity contribution in [2.75, 3.05) is 14.2 Å². The smallest absolute Gasteiger partial charge is 0.340 e. The highest BCUT2D eigenvalue weighted by molar-refractivity contribution is 5.89. The summed E-state index contributed by atoms with van der Waals surface area (Å²) in [6.07, 6.45) is 2.24. The first-order valence-corrected chi connectivity index (χ1v) is 6.56. The zero-order valence-corrected chi connectivity index (χ0v) is 12.1. The maximum Gasteiger partial charge on any atom is 0.340 e. The van der Waals surface area contributed by atoms with E-state index in [1.54, 1.807) is 6.07 Å². The van der Waals surface area contributed by atoms with Crippen LogP contribution in [0.2, 0.25) is 0 Å². The van der Waals surface area contributed by atoms with Crippen LogP contribution in [0, 0.1) is 5.82 Å². The first-order valence-electron chi connectivity index (χ1n) is 6.56. The van der Waals surface area contributed by atoms with Gasteiger partial charge in [0.1, 0.15) is 5.82 Å². The molecule has 0 saturated carbocycles. The zero-order valence-electron chi connectivity index (χ0n) is 12.1. The number of nitrogens with zero attached hydrogens (tertiary/aromatic N) is 1. The molecule has 19 heavy (non-hydrogen) atoms. The minimum Gasteiger partial charge on any atom is -0.465 e. The Balaban J connectivity index is 2.76. The highest BCUT2D eigenvalue weighted by Crippen LogP contribution is 2.15. The fourth-order valence-electron chi connectivity index (χ4n) is 2.01. The lowest BCUT2D eigenvalue weighted by molar-refractivity contribution is 0.0595. The van der Waals surface area contributed by atoms with Crippen molar-refractivity contribution in [2.45, 2.75) is 39.3 Å². The van der Waals surface area contributed by atoms with Gasteiger partial charge in [-0.2, -0.15) is 0 Å². The average Bonchev–Trinajstić information content (AvgIpc) is 2.38. The fourth-order valence-corrected chi connectivity index (χ4v) is 2.01. The third-order valence-electron chi connectivity index (χ3n) is 3.33. The van der Waals surface area contributed by atoms with Gasteiger partial charge in [0.05, 0.1) is 12.7 Å². The number of benzene rings is 1. The van der Waals surface area contributed by atoms with Gasteiger partial charge in [-0.25, -0.2) is 9.18 Å². The van der Waals surface area contributed by atoms with Crippen molar-refractivity contribution in [2.24, 2.45) is 0 Å². The Hall–Kier alpha value is -1.42. The first-order chi connectivity index (χ1) is 8.99. The van der Waals surface area contributed by atoms with Crippen LogP contribution >= 0.6 is 0 Å². The molecule has 1 rings (SSSR count). The van der Waals surface area contributed by atoms with Gasteiger partial charge in [0.15, 0.2) is 0 Å². The molecule has 1 aromatic rings. The van der Waals surface area contributed by atoms with Crippen LogP contribution in [0.3, 0.4) is 0 Å². The molecule has 3 nitrogen and oxygen atoms in total. The Kier molecular flexibility index (Phi) is 5.96. The van der Waals surface area contributed by atoms with E-state index in [1.807, 2.05) is 7.05 Å². The molecular formula is C15H22FNO2. The molecule has 0 bridgehead atoms. The van der Waals surface area contributed by atoms with Crippen LogP contribution in [0.4, 0.5) is 4.39 Å². The van der Waals surface area contributed by atoms with Crippen molar-refractivity contribution in [3.8, 4) is 0 Å². The number of hydrogen-bond acceptors (Lipinski definition) is 3. The molecule has 0 fully saturated rings. The highest BCUT2D eigenvalue weighted by atomic mass is 19.1. The van der Waals surface area contributed by atoms with E-state index >= 15 is 0 Å². The zero-order chi connectivity index (χ0) is 14.4. The first kappa shape index (κ1) is 15.6. The van der Waals surface area contributed by atoms with Crippen LogP contribution in [-0.4, -0.2) is 31.1 Å². The molecule has 0 aliphatic rings. The largest absolute Gasteiger partial charge is 0.465 e. The average molecular weight is 267 g/mol. The lowest BCUT2D eigenvalue weighted by atomic mass is 10.1. The highest BCUT2D eigenvalue weighted by Gasteiger charge is 2.14. The Bertz CT molecular complexity index is 434. The van der Waals surface area contributed by atoms with Crippen LogP contribution in [0.15, 0.2) is 18.2 Å². The molecule has 0 aliphatic heterocycles. The minimum atomic E-state index is -0.642. The van der Waals surface area contributed by atoms with Gasteiger partial charge in [-0.1, -0.05) is 19.4 Å². The number of carbonyl (C=O) groups excluding carboxylic acids is 1. The van der Waals surface area contributed by atoms with E-state index in [-0.39, 0.29) is 5.56 Å². The third kappa shape index (κ3) is 4.31. The van der Waals surface area contributed by atoms with Gasteiger partial charge in [0.2, 0.25) is 0 Å². The standard InChI is InChI=1S/C15H22FNO2/c1-5-6-11(2)17(3)10-12-7-8-13(14(16)9-12)15(18)19-4/h7-9,11H,5-6,10H2,1-4H3. The molecule has 1 atom stereocenters. The Morgan fingerprint density at radius 3 is 2.68 bits per heavy atom. The molecule has 4 heteroatoms. The van der Waals surface area contributed by atoms with E-state index in [9.17, 15) is 9.18 Å². The van der Waals surface area contributed by atoms with Gasteiger partial charge < -0.3 is 4.74 Å². The lowest BCUT2D eigenvalue weighted by Gasteiger charge is -2.24. The number of esters is 1. The van der Waals surface area contributed by atoms with Crippen LogP contribution in [0.1, 0.15) is 42.6 Å². The Morgan fingerprint density at radius 1 is 1.47 bits per heavy atom.